The summed E-state index contributed by atoms with van der Waals surface area (Å²) in [5.74, 6) is 0.0152. The molecule has 0 saturated heterocycles. The maximum atomic E-state index is 12.1. The van der Waals surface area contributed by atoms with Crippen molar-refractivity contribution in [2.75, 3.05) is 5.73 Å². The van der Waals surface area contributed by atoms with Crippen LogP contribution in [0.5, 0.6) is 17.5 Å². The summed E-state index contributed by atoms with van der Waals surface area (Å²) < 4.78 is 46.0. The molecule has 0 fully saturated rings. The summed E-state index contributed by atoms with van der Waals surface area (Å²) in [4.78, 5) is 7.75. The molecule has 0 radical (unpaired) electrons. The van der Waals surface area contributed by atoms with E-state index in [1.54, 1.807) is 0 Å². The average molecular weight is 429 g/mol. The van der Waals surface area contributed by atoms with Crippen LogP contribution in [-0.4, -0.2) is 16.3 Å². The Hall–Kier alpha value is -1.55. The Kier molecular flexibility index (Phi) is 4.57. The predicted molar refractivity (Wildman–Crippen MR) is 75.0 cm³/mol. The third kappa shape index (κ3) is 4.74. The van der Waals surface area contributed by atoms with Gasteiger partial charge in [-0.05, 0) is 50.1 Å². The fourth-order valence-electron chi connectivity index (χ4n) is 1.32. The van der Waals surface area contributed by atoms with Crippen molar-refractivity contribution in [2.24, 2.45) is 0 Å². The zero-order chi connectivity index (χ0) is 15.6. The van der Waals surface area contributed by atoms with Crippen LogP contribution in [0.3, 0.4) is 0 Å². The standard InChI is InChI=1S/C11H6Br2F3N3O2/c12-6-3-5(1-2-7(6)21-11(14,15)16)20-10-18-8(13)4-9(17)19-10/h1-4H,(H2,17,18,19). The second-order valence-corrected chi connectivity index (χ2v) is 5.31. The molecular formula is C11H6Br2F3N3O2. The van der Waals surface area contributed by atoms with Gasteiger partial charge < -0.3 is 15.2 Å². The number of alkyl halides is 3. The molecule has 10 heteroatoms. The van der Waals surface area contributed by atoms with E-state index in [4.69, 9.17) is 10.5 Å². The minimum absolute atomic E-state index is 0.0433. The van der Waals surface area contributed by atoms with E-state index in [9.17, 15) is 13.2 Å². The predicted octanol–water partition coefficient (Wildman–Crippen LogP) is 4.27. The lowest BCUT2D eigenvalue weighted by Crippen LogP contribution is -2.17. The molecule has 112 valence electrons. The van der Waals surface area contributed by atoms with Gasteiger partial charge in [-0.2, -0.15) is 9.97 Å². The first-order chi connectivity index (χ1) is 9.73. The van der Waals surface area contributed by atoms with Gasteiger partial charge in [0.15, 0.2) is 0 Å². The Morgan fingerprint density at radius 2 is 1.81 bits per heavy atom. The van der Waals surface area contributed by atoms with Crippen LogP contribution in [0.15, 0.2) is 33.3 Å². The molecule has 0 atom stereocenters. The third-order valence-corrected chi connectivity index (χ3v) is 3.06. The molecular weight excluding hydrogens is 423 g/mol. The molecule has 1 aromatic heterocycles. The van der Waals surface area contributed by atoms with Crippen LogP contribution < -0.4 is 15.2 Å². The summed E-state index contributed by atoms with van der Waals surface area (Å²) in [6, 6.07) is 5.11. The number of nitrogen functional groups attached to an aromatic ring is 1. The third-order valence-electron chi connectivity index (χ3n) is 2.03. The zero-order valence-corrected chi connectivity index (χ0v) is 13.2. The van der Waals surface area contributed by atoms with Crippen molar-refractivity contribution in [1.29, 1.82) is 0 Å². The molecule has 1 heterocycles. The van der Waals surface area contributed by atoms with Gasteiger partial charge in [0.2, 0.25) is 0 Å². The highest BCUT2D eigenvalue weighted by Gasteiger charge is 2.32. The van der Waals surface area contributed by atoms with Crippen molar-refractivity contribution in [3.05, 3.63) is 33.3 Å². The molecule has 0 saturated carbocycles. The molecule has 0 aliphatic carbocycles. The van der Waals surface area contributed by atoms with Crippen LogP contribution in [0.1, 0.15) is 0 Å². The summed E-state index contributed by atoms with van der Waals surface area (Å²) in [6.45, 7) is 0. The van der Waals surface area contributed by atoms with E-state index < -0.39 is 6.36 Å². The van der Waals surface area contributed by atoms with E-state index in [0.717, 1.165) is 6.07 Å². The van der Waals surface area contributed by atoms with E-state index >= 15 is 0 Å². The summed E-state index contributed by atoms with van der Waals surface area (Å²) in [5.41, 5.74) is 5.52. The summed E-state index contributed by atoms with van der Waals surface area (Å²) >= 11 is 6.08. The Labute approximate surface area is 133 Å². The molecule has 2 aromatic rings. The lowest BCUT2D eigenvalue weighted by atomic mass is 10.3. The molecule has 0 spiro atoms. The maximum absolute atomic E-state index is 12.1. The molecule has 0 aliphatic heterocycles. The number of ether oxygens (including phenoxy) is 2. The SMILES string of the molecule is Nc1cc(Br)nc(Oc2ccc(OC(F)(F)F)c(Br)c2)n1. The Balaban J connectivity index is 2.20. The van der Waals surface area contributed by atoms with E-state index in [1.165, 1.54) is 18.2 Å². The van der Waals surface area contributed by atoms with Gasteiger partial charge in [-0.15, -0.1) is 13.2 Å². The van der Waals surface area contributed by atoms with Gasteiger partial charge in [0.25, 0.3) is 0 Å². The van der Waals surface area contributed by atoms with Gasteiger partial charge in [-0.3, -0.25) is 0 Å². The zero-order valence-electron chi connectivity index (χ0n) is 9.99. The Morgan fingerprint density at radius 1 is 1.10 bits per heavy atom. The molecule has 5 nitrogen and oxygen atoms in total. The molecule has 0 aliphatic rings. The van der Waals surface area contributed by atoms with E-state index in [1.807, 2.05) is 0 Å². The lowest BCUT2D eigenvalue weighted by Gasteiger charge is -2.11. The van der Waals surface area contributed by atoms with Gasteiger partial charge in [-0.1, -0.05) is 0 Å². The van der Waals surface area contributed by atoms with Gasteiger partial charge in [0.05, 0.1) is 4.47 Å². The van der Waals surface area contributed by atoms with Gasteiger partial charge >= 0.3 is 12.4 Å². The average Bonchev–Trinajstić information content (AvgIpc) is 2.30. The quantitative estimate of drug-likeness (QED) is 0.739. The van der Waals surface area contributed by atoms with Crippen LogP contribution in [0.2, 0.25) is 0 Å². The molecule has 2 rings (SSSR count). The number of aromatic nitrogens is 2. The molecule has 1 aromatic carbocycles. The van der Waals surface area contributed by atoms with Gasteiger partial charge in [0, 0.05) is 6.07 Å². The highest BCUT2D eigenvalue weighted by molar-refractivity contribution is 9.10. The van der Waals surface area contributed by atoms with E-state index in [-0.39, 0.29) is 27.8 Å². The fraction of sp³-hybridized carbons (Fsp3) is 0.0909. The summed E-state index contributed by atoms with van der Waals surface area (Å²) in [5, 5.41) is 0. The van der Waals surface area contributed by atoms with Crippen LogP contribution in [0.25, 0.3) is 0 Å². The highest BCUT2D eigenvalue weighted by atomic mass is 79.9. The smallest absolute Gasteiger partial charge is 0.424 e. The van der Waals surface area contributed by atoms with Crippen LogP contribution >= 0.6 is 31.9 Å². The number of halogens is 5. The van der Waals surface area contributed by atoms with Crippen molar-refractivity contribution < 1.29 is 22.6 Å². The first kappa shape index (κ1) is 15.8. The number of anilines is 1. The highest BCUT2D eigenvalue weighted by Crippen LogP contribution is 2.34. The minimum Gasteiger partial charge on any atom is -0.424 e. The molecule has 0 bridgehead atoms. The normalized spacial score (nSPS) is 11.3. The number of hydrogen-bond donors (Lipinski definition) is 1. The largest absolute Gasteiger partial charge is 0.573 e. The second kappa shape index (κ2) is 6.06. The van der Waals surface area contributed by atoms with Gasteiger partial charge in [0.1, 0.15) is 21.9 Å². The van der Waals surface area contributed by atoms with Gasteiger partial charge in [-0.25, -0.2) is 0 Å². The van der Waals surface area contributed by atoms with E-state index in [2.05, 4.69) is 46.6 Å². The van der Waals surface area contributed by atoms with Crippen molar-refractivity contribution >= 4 is 37.7 Å². The molecule has 0 unspecified atom stereocenters. The number of nitrogens with two attached hydrogens (primary N) is 1. The molecule has 2 N–H and O–H groups in total. The first-order valence-corrected chi connectivity index (χ1v) is 6.85. The number of nitrogens with zero attached hydrogens (tertiary/aromatic N) is 2. The van der Waals surface area contributed by atoms with Crippen LogP contribution in [0.4, 0.5) is 19.0 Å². The number of rotatable bonds is 3. The van der Waals surface area contributed by atoms with Crippen LogP contribution in [-0.2, 0) is 0 Å². The molecule has 0 amide bonds. The maximum Gasteiger partial charge on any atom is 0.573 e. The van der Waals surface area contributed by atoms with Crippen molar-refractivity contribution in [1.82, 2.24) is 9.97 Å². The molecule has 21 heavy (non-hydrogen) atoms. The topological polar surface area (TPSA) is 70.3 Å². The Morgan fingerprint density at radius 3 is 2.38 bits per heavy atom. The Bertz CT molecular complexity index is 647. The summed E-state index contributed by atoms with van der Waals surface area (Å²) in [6.07, 6.45) is -4.77. The summed E-state index contributed by atoms with van der Waals surface area (Å²) in [7, 11) is 0. The number of benzene rings is 1. The van der Waals surface area contributed by atoms with Crippen molar-refractivity contribution in [3.8, 4) is 17.5 Å². The monoisotopic (exact) mass is 427 g/mol. The minimum atomic E-state index is -4.77. The fourth-order valence-corrected chi connectivity index (χ4v) is 2.14. The van der Waals surface area contributed by atoms with Crippen molar-refractivity contribution in [3.63, 3.8) is 0 Å². The van der Waals surface area contributed by atoms with E-state index in [0.29, 0.717) is 4.60 Å². The van der Waals surface area contributed by atoms with Crippen molar-refractivity contribution in [2.45, 2.75) is 6.36 Å². The van der Waals surface area contributed by atoms with Crippen LogP contribution in [0, 0.1) is 0 Å². The lowest BCUT2D eigenvalue weighted by molar-refractivity contribution is -0.274. The second-order valence-electron chi connectivity index (χ2n) is 3.64. The first-order valence-electron chi connectivity index (χ1n) is 5.26. The number of hydrogen-bond acceptors (Lipinski definition) is 5.